The predicted octanol–water partition coefficient (Wildman–Crippen LogP) is 4.58. The van der Waals surface area contributed by atoms with Crippen molar-refractivity contribution in [2.45, 2.75) is 39.5 Å². The van der Waals surface area contributed by atoms with E-state index in [2.05, 4.69) is 53.5 Å². The van der Waals surface area contributed by atoms with Crippen LogP contribution in [0, 0.1) is 0 Å². The maximum absolute atomic E-state index is 5.85. The smallest absolute Gasteiger partial charge is 0.194 e. The summed E-state index contributed by atoms with van der Waals surface area (Å²) >= 11 is 0. The van der Waals surface area contributed by atoms with Crippen molar-refractivity contribution in [3.8, 4) is 0 Å². The topological polar surface area (TPSA) is 36.9 Å². The predicted molar refractivity (Wildman–Crippen MR) is 122 cm³/mol. The zero-order chi connectivity index (χ0) is 18.0. The molecule has 1 heterocycles. The third-order valence-electron chi connectivity index (χ3n) is 4.52. The first-order valence-electron chi connectivity index (χ1n) is 9.58. The normalized spacial score (nSPS) is 14.1. The average Bonchev–Trinajstić information content (AvgIpc) is 3.21. The van der Waals surface area contributed by atoms with E-state index >= 15 is 0 Å². The van der Waals surface area contributed by atoms with Crippen molar-refractivity contribution >= 4 is 29.9 Å². The highest BCUT2D eigenvalue weighted by molar-refractivity contribution is 14.0. The Morgan fingerprint density at radius 2 is 1.63 bits per heavy atom. The van der Waals surface area contributed by atoms with Crippen molar-refractivity contribution < 1.29 is 4.74 Å². The molecule has 0 saturated carbocycles. The second-order valence-electron chi connectivity index (χ2n) is 6.66. The molecule has 0 aromatic heterocycles. The summed E-state index contributed by atoms with van der Waals surface area (Å²) in [4.78, 5) is 7.18. The Kier molecular flexibility index (Phi) is 9.62. The SMILES string of the molecule is CCNC(=NCc1cccc(COCc2ccccc2)c1)N1CCCC1.I. The Bertz CT molecular complexity index is 700. The lowest BCUT2D eigenvalue weighted by molar-refractivity contribution is 0.107. The van der Waals surface area contributed by atoms with Gasteiger partial charge < -0.3 is 15.0 Å². The zero-order valence-electron chi connectivity index (χ0n) is 16.1. The molecule has 1 aliphatic rings. The molecule has 0 aliphatic carbocycles. The first kappa shape index (κ1) is 21.7. The van der Waals surface area contributed by atoms with Crippen molar-refractivity contribution in [3.63, 3.8) is 0 Å². The summed E-state index contributed by atoms with van der Waals surface area (Å²) in [6, 6.07) is 18.8. The number of guanidine groups is 1. The van der Waals surface area contributed by atoms with Gasteiger partial charge in [0.15, 0.2) is 5.96 Å². The highest BCUT2D eigenvalue weighted by Crippen LogP contribution is 2.12. The highest BCUT2D eigenvalue weighted by Gasteiger charge is 2.15. The lowest BCUT2D eigenvalue weighted by Crippen LogP contribution is -2.39. The van der Waals surface area contributed by atoms with Crippen molar-refractivity contribution in [1.82, 2.24) is 10.2 Å². The van der Waals surface area contributed by atoms with E-state index in [0.717, 1.165) is 25.6 Å². The number of ether oxygens (including phenoxy) is 1. The summed E-state index contributed by atoms with van der Waals surface area (Å²) in [6.45, 7) is 7.21. The second kappa shape index (κ2) is 12.0. The minimum atomic E-state index is 0. The van der Waals surface area contributed by atoms with Gasteiger partial charge in [0.05, 0.1) is 19.8 Å². The maximum Gasteiger partial charge on any atom is 0.194 e. The third-order valence-corrected chi connectivity index (χ3v) is 4.52. The van der Waals surface area contributed by atoms with Crippen LogP contribution in [-0.4, -0.2) is 30.5 Å². The molecule has 2 aromatic carbocycles. The van der Waals surface area contributed by atoms with Crippen molar-refractivity contribution in [1.29, 1.82) is 0 Å². The molecular formula is C22H30IN3O. The van der Waals surface area contributed by atoms with E-state index in [1.807, 2.05) is 18.2 Å². The van der Waals surface area contributed by atoms with Crippen LogP contribution < -0.4 is 5.32 Å². The molecule has 0 unspecified atom stereocenters. The van der Waals surface area contributed by atoms with Crippen molar-refractivity contribution in [2.75, 3.05) is 19.6 Å². The fourth-order valence-corrected chi connectivity index (χ4v) is 3.20. The summed E-state index contributed by atoms with van der Waals surface area (Å²) in [7, 11) is 0. The molecule has 1 aliphatic heterocycles. The Morgan fingerprint density at radius 1 is 0.963 bits per heavy atom. The number of nitrogens with one attached hydrogen (secondary N) is 1. The number of halogens is 1. The Labute approximate surface area is 180 Å². The molecule has 0 spiro atoms. The molecule has 0 bridgehead atoms. The molecule has 27 heavy (non-hydrogen) atoms. The quantitative estimate of drug-likeness (QED) is 0.359. The van der Waals surface area contributed by atoms with E-state index in [0.29, 0.717) is 19.8 Å². The van der Waals surface area contributed by atoms with Crippen molar-refractivity contribution in [3.05, 3.63) is 71.3 Å². The Hall–Kier alpha value is -1.60. The molecule has 2 aromatic rings. The Balaban J connectivity index is 0.00000261. The minimum absolute atomic E-state index is 0. The van der Waals surface area contributed by atoms with Gasteiger partial charge in [0.25, 0.3) is 0 Å². The summed E-state index contributed by atoms with van der Waals surface area (Å²) in [5.41, 5.74) is 3.62. The maximum atomic E-state index is 5.85. The first-order chi connectivity index (χ1) is 12.8. The van der Waals surface area contributed by atoms with Crippen LogP contribution in [0.5, 0.6) is 0 Å². The summed E-state index contributed by atoms with van der Waals surface area (Å²) in [5.74, 6) is 1.04. The van der Waals surface area contributed by atoms with E-state index in [9.17, 15) is 0 Å². The van der Waals surface area contributed by atoms with Gasteiger partial charge in [-0.25, -0.2) is 4.99 Å². The van der Waals surface area contributed by atoms with Crippen LogP contribution in [-0.2, 0) is 24.5 Å². The highest BCUT2D eigenvalue weighted by atomic mass is 127. The monoisotopic (exact) mass is 479 g/mol. The van der Waals surface area contributed by atoms with Gasteiger partial charge in [-0.05, 0) is 36.5 Å². The number of hydrogen-bond donors (Lipinski definition) is 1. The van der Waals surface area contributed by atoms with Gasteiger partial charge in [-0.3, -0.25) is 0 Å². The van der Waals surface area contributed by atoms with Crippen LogP contribution >= 0.6 is 24.0 Å². The van der Waals surface area contributed by atoms with Gasteiger partial charge in [0.2, 0.25) is 0 Å². The fraction of sp³-hybridized carbons (Fsp3) is 0.409. The van der Waals surface area contributed by atoms with Crippen LogP contribution in [0.15, 0.2) is 59.6 Å². The van der Waals surface area contributed by atoms with Gasteiger partial charge in [-0.1, -0.05) is 54.6 Å². The van der Waals surface area contributed by atoms with E-state index in [1.54, 1.807) is 0 Å². The molecule has 0 atom stereocenters. The van der Waals surface area contributed by atoms with E-state index in [4.69, 9.17) is 9.73 Å². The summed E-state index contributed by atoms with van der Waals surface area (Å²) in [6.07, 6.45) is 2.53. The molecule has 0 amide bonds. The largest absolute Gasteiger partial charge is 0.372 e. The minimum Gasteiger partial charge on any atom is -0.372 e. The molecule has 4 nitrogen and oxygen atoms in total. The van der Waals surface area contributed by atoms with E-state index in [1.165, 1.54) is 29.5 Å². The van der Waals surface area contributed by atoms with E-state index in [-0.39, 0.29) is 24.0 Å². The molecule has 1 fully saturated rings. The molecule has 3 rings (SSSR count). The molecule has 5 heteroatoms. The molecule has 0 radical (unpaired) electrons. The van der Waals surface area contributed by atoms with Gasteiger partial charge in [-0.2, -0.15) is 0 Å². The summed E-state index contributed by atoms with van der Waals surface area (Å²) in [5, 5.41) is 3.41. The number of benzene rings is 2. The first-order valence-corrected chi connectivity index (χ1v) is 9.58. The molecular weight excluding hydrogens is 449 g/mol. The average molecular weight is 479 g/mol. The summed E-state index contributed by atoms with van der Waals surface area (Å²) < 4.78 is 5.85. The third kappa shape index (κ3) is 7.14. The molecule has 1 N–H and O–H groups in total. The van der Waals surface area contributed by atoms with Crippen LogP contribution in [0.4, 0.5) is 0 Å². The zero-order valence-corrected chi connectivity index (χ0v) is 18.4. The lowest BCUT2D eigenvalue weighted by atomic mass is 10.1. The standard InChI is InChI=1S/C22H29N3O.HI/c1-2-23-22(25-13-6-7-14-25)24-16-20-11-8-12-21(15-20)18-26-17-19-9-4-3-5-10-19;/h3-5,8-12,15H,2,6-7,13-14,16-18H2,1H3,(H,23,24);1H. The second-order valence-corrected chi connectivity index (χ2v) is 6.66. The van der Waals surface area contributed by atoms with Crippen LogP contribution in [0.2, 0.25) is 0 Å². The lowest BCUT2D eigenvalue weighted by Gasteiger charge is -2.20. The number of likely N-dealkylation sites (tertiary alicyclic amines) is 1. The number of hydrogen-bond acceptors (Lipinski definition) is 2. The van der Waals surface area contributed by atoms with Crippen LogP contribution in [0.3, 0.4) is 0 Å². The van der Waals surface area contributed by atoms with Crippen molar-refractivity contribution in [2.24, 2.45) is 4.99 Å². The number of nitrogens with zero attached hydrogens (tertiary/aromatic N) is 2. The van der Waals surface area contributed by atoms with Gasteiger partial charge >= 0.3 is 0 Å². The number of aliphatic imine (C=N–C) groups is 1. The van der Waals surface area contributed by atoms with Gasteiger partial charge in [-0.15, -0.1) is 24.0 Å². The van der Waals surface area contributed by atoms with Gasteiger partial charge in [0, 0.05) is 19.6 Å². The number of rotatable bonds is 7. The van der Waals surface area contributed by atoms with Crippen LogP contribution in [0.25, 0.3) is 0 Å². The molecule has 146 valence electrons. The molecule has 1 saturated heterocycles. The Morgan fingerprint density at radius 3 is 2.37 bits per heavy atom. The van der Waals surface area contributed by atoms with E-state index < -0.39 is 0 Å². The van der Waals surface area contributed by atoms with Crippen LogP contribution in [0.1, 0.15) is 36.5 Å². The van der Waals surface area contributed by atoms with Gasteiger partial charge in [0.1, 0.15) is 0 Å². The fourth-order valence-electron chi connectivity index (χ4n) is 3.20.